The molecule has 0 unspecified atom stereocenters. The maximum atomic E-state index is 6.64. The molecular formula is C52H30OS. The molecule has 2 heteroatoms. The molecule has 10 aromatic carbocycles. The number of hydrogen-bond donors (Lipinski definition) is 0. The topological polar surface area (TPSA) is 13.1 Å². The summed E-state index contributed by atoms with van der Waals surface area (Å²) in [6, 6.07) is 66.6. The molecule has 0 aliphatic rings. The average Bonchev–Trinajstić information content (AvgIpc) is 3.82. The molecule has 54 heavy (non-hydrogen) atoms. The Morgan fingerprint density at radius 3 is 1.54 bits per heavy atom. The summed E-state index contributed by atoms with van der Waals surface area (Å²) in [5.74, 6) is 0. The van der Waals surface area contributed by atoms with Crippen molar-refractivity contribution in [2.45, 2.75) is 0 Å². The van der Waals surface area contributed by atoms with Gasteiger partial charge in [0.1, 0.15) is 5.58 Å². The summed E-state index contributed by atoms with van der Waals surface area (Å²) in [4.78, 5) is 0. The van der Waals surface area contributed by atoms with Gasteiger partial charge in [-0.3, -0.25) is 0 Å². The molecule has 0 saturated carbocycles. The lowest BCUT2D eigenvalue weighted by Crippen LogP contribution is -1.92. The Morgan fingerprint density at radius 1 is 0.333 bits per heavy atom. The fourth-order valence-electron chi connectivity index (χ4n) is 9.19. The third-order valence-corrected chi connectivity index (χ3v) is 12.6. The van der Waals surface area contributed by atoms with E-state index in [1.165, 1.54) is 107 Å². The van der Waals surface area contributed by atoms with Crippen LogP contribution >= 0.6 is 11.3 Å². The van der Waals surface area contributed by atoms with Gasteiger partial charge in [0, 0.05) is 26.2 Å². The van der Waals surface area contributed by atoms with Gasteiger partial charge in [-0.15, -0.1) is 11.3 Å². The van der Waals surface area contributed by atoms with Crippen LogP contribution in [-0.4, -0.2) is 0 Å². The zero-order chi connectivity index (χ0) is 35.3. The minimum atomic E-state index is 0.935. The molecular weight excluding hydrogens is 673 g/mol. The van der Waals surface area contributed by atoms with Crippen molar-refractivity contribution < 1.29 is 4.42 Å². The van der Waals surface area contributed by atoms with E-state index < -0.39 is 0 Å². The summed E-state index contributed by atoms with van der Waals surface area (Å²) >= 11 is 1.84. The van der Waals surface area contributed by atoms with Crippen molar-refractivity contribution in [3.63, 3.8) is 0 Å². The molecule has 0 saturated heterocycles. The number of hydrogen-bond acceptors (Lipinski definition) is 2. The number of furan rings is 1. The van der Waals surface area contributed by atoms with E-state index in [-0.39, 0.29) is 0 Å². The molecule has 250 valence electrons. The monoisotopic (exact) mass is 702 g/mol. The Labute approximate surface area is 314 Å². The molecule has 2 aromatic heterocycles. The van der Waals surface area contributed by atoms with Gasteiger partial charge in [0.15, 0.2) is 5.58 Å². The van der Waals surface area contributed by atoms with Gasteiger partial charge in [-0.05, 0) is 94.7 Å². The van der Waals surface area contributed by atoms with Gasteiger partial charge in [0.05, 0.1) is 4.70 Å². The van der Waals surface area contributed by atoms with Crippen molar-refractivity contribution in [1.29, 1.82) is 0 Å². The fraction of sp³-hybridized carbons (Fsp3) is 0. The molecule has 12 rings (SSSR count). The van der Waals surface area contributed by atoms with E-state index in [4.69, 9.17) is 4.42 Å². The number of fused-ring (bicyclic) bond motifs is 13. The van der Waals surface area contributed by atoms with Gasteiger partial charge >= 0.3 is 0 Å². The van der Waals surface area contributed by atoms with Gasteiger partial charge in [-0.25, -0.2) is 0 Å². The van der Waals surface area contributed by atoms with Gasteiger partial charge in [0.2, 0.25) is 0 Å². The first-order valence-corrected chi connectivity index (χ1v) is 19.3. The molecule has 0 spiro atoms. The normalized spacial score (nSPS) is 12.1. The van der Waals surface area contributed by atoms with Gasteiger partial charge in [0.25, 0.3) is 0 Å². The van der Waals surface area contributed by atoms with Crippen molar-refractivity contribution in [3.05, 3.63) is 182 Å². The van der Waals surface area contributed by atoms with Gasteiger partial charge < -0.3 is 4.42 Å². The van der Waals surface area contributed by atoms with Crippen LogP contribution in [0.2, 0.25) is 0 Å². The van der Waals surface area contributed by atoms with Crippen LogP contribution in [0.25, 0.3) is 119 Å². The fourth-order valence-corrected chi connectivity index (χ4v) is 10.4. The van der Waals surface area contributed by atoms with Crippen LogP contribution in [0.3, 0.4) is 0 Å². The summed E-state index contributed by atoms with van der Waals surface area (Å²) in [6.45, 7) is 0. The van der Waals surface area contributed by atoms with Crippen molar-refractivity contribution >= 4 is 96.5 Å². The van der Waals surface area contributed by atoms with Crippen LogP contribution in [0.1, 0.15) is 0 Å². The zero-order valence-electron chi connectivity index (χ0n) is 29.1. The minimum Gasteiger partial charge on any atom is -0.455 e. The van der Waals surface area contributed by atoms with E-state index in [0.29, 0.717) is 0 Å². The second-order valence-electron chi connectivity index (χ2n) is 14.3. The number of benzene rings is 10. The predicted molar refractivity (Wildman–Crippen MR) is 233 cm³/mol. The lowest BCUT2D eigenvalue weighted by Gasteiger charge is -2.19. The average molecular weight is 703 g/mol. The van der Waals surface area contributed by atoms with Crippen LogP contribution < -0.4 is 0 Å². The maximum absolute atomic E-state index is 6.64. The smallest absolute Gasteiger partial charge is 0.153 e. The lowest BCUT2D eigenvalue weighted by molar-refractivity contribution is 0.673. The number of rotatable bonds is 3. The highest BCUT2D eigenvalue weighted by Crippen LogP contribution is 2.49. The Hall–Kier alpha value is -6.74. The zero-order valence-corrected chi connectivity index (χ0v) is 30.0. The van der Waals surface area contributed by atoms with E-state index >= 15 is 0 Å². The van der Waals surface area contributed by atoms with Crippen LogP contribution in [0.5, 0.6) is 0 Å². The molecule has 0 amide bonds. The molecule has 0 aliphatic heterocycles. The molecule has 0 radical (unpaired) electrons. The van der Waals surface area contributed by atoms with Crippen molar-refractivity contribution in [2.75, 3.05) is 0 Å². The van der Waals surface area contributed by atoms with Crippen molar-refractivity contribution in [2.24, 2.45) is 0 Å². The first-order valence-electron chi connectivity index (χ1n) is 18.5. The van der Waals surface area contributed by atoms with Crippen LogP contribution in [0.15, 0.2) is 186 Å². The Kier molecular flexibility index (Phi) is 6.28. The van der Waals surface area contributed by atoms with Crippen molar-refractivity contribution in [3.8, 4) is 33.4 Å². The summed E-state index contributed by atoms with van der Waals surface area (Å²) in [7, 11) is 0. The number of thiophene rings is 1. The molecule has 0 fully saturated rings. The minimum absolute atomic E-state index is 0.935. The molecule has 12 aromatic rings. The maximum Gasteiger partial charge on any atom is 0.153 e. The first-order chi connectivity index (χ1) is 26.8. The van der Waals surface area contributed by atoms with E-state index in [2.05, 4.69) is 182 Å². The Morgan fingerprint density at radius 2 is 0.852 bits per heavy atom. The van der Waals surface area contributed by atoms with Gasteiger partial charge in [-0.1, -0.05) is 164 Å². The largest absolute Gasteiger partial charge is 0.455 e. The summed E-state index contributed by atoms with van der Waals surface area (Å²) in [6.07, 6.45) is 0. The third-order valence-electron chi connectivity index (χ3n) is 11.5. The molecule has 0 bridgehead atoms. The van der Waals surface area contributed by atoms with Crippen LogP contribution in [-0.2, 0) is 0 Å². The molecule has 1 nitrogen and oxygen atoms in total. The highest BCUT2D eigenvalue weighted by atomic mass is 32.1. The first kappa shape index (κ1) is 29.8. The van der Waals surface area contributed by atoms with E-state index in [9.17, 15) is 0 Å². The van der Waals surface area contributed by atoms with E-state index in [1.807, 2.05) is 11.3 Å². The summed E-state index contributed by atoms with van der Waals surface area (Å²) in [5.41, 5.74) is 9.43. The molecule has 0 atom stereocenters. The molecule has 0 aliphatic carbocycles. The van der Waals surface area contributed by atoms with E-state index in [0.717, 1.165) is 11.2 Å². The SMILES string of the molecule is c1ccc(-c2c3ccccc3c(-c3ccc(-c4ccc5sc6c7oc8ccccc8c7c7ccccc7c6c5c4)c4ccccc34)c3ccccc23)cc1. The standard InChI is InChI=1S/C52H30OS/c1-2-14-31(15-3-1)47-36-18-6-8-20-38(36)48(39-21-9-7-19-37(39)47)42-28-27-33(34-16-4-5-17-35(34)42)32-26-29-46-44(30-32)50-41-23-11-10-22-40(41)49-43-24-12-13-25-45(43)53-51(49)52(50)54-46/h1-30H. The summed E-state index contributed by atoms with van der Waals surface area (Å²) < 4.78 is 9.12. The quantitative estimate of drug-likeness (QED) is 0.167. The third kappa shape index (κ3) is 4.14. The predicted octanol–water partition coefficient (Wildman–Crippen LogP) is 15.6. The molecule has 2 heterocycles. The summed E-state index contributed by atoms with van der Waals surface area (Å²) in [5, 5.41) is 15.0. The van der Waals surface area contributed by atoms with Crippen LogP contribution in [0, 0.1) is 0 Å². The second-order valence-corrected chi connectivity index (χ2v) is 15.3. The Balaban J connectivity index is 1.12. The van der Waals surface area contributed by atoms with Gasteiger partial charge in [-0.2, -0.15) is 0 Å². The van der Waals surface area contributed by atoms with E-state index in [1.54, 1.807) is 0 Å². The second kappa shape index (κ2) is 11.4. The number of para-hydroxylation sites is 1. The van der Waals surface area contributed by atoms with Crippen molar-refractivity contribution in [1.82, 2.24) is 0 Å². The highest BCUT2D eigenvalue weighted by Gasteiger charge is 2.21. The lowest BCUT2D eigenvalue weighted by atomic mass is 9.84. The Bertz CT molecular complexity index is 3440. The highest BCUT2D eigenvalue weighted by molar-refractivity contribution is 7.26. The van der Waals surface area contributed by atoms with Crippen LogP contribution in [0.4, 0.5) is 0 Å². The molecule has 0 N–H and O–H groups in total.